The topological polar surface area (TPSA) is 20.3 Å². The molecule has 0 atom stereocenters. The van der Waals surface area contributed by atoms with Gasteiger partial charge in [0.05, 0.1) is 0 Å². The molecular weight excluding hydrogens is 114 g/mol. The van der Waals surface area contributed by atoms with Gasteiger partial charge >= 0.3 is 0 Å². The third kappa shape index (κ3) is 5.34. The Morgan fingerprint density at radius 2 is 2.00 bits per heavy atom. The van der Waals surface area contributed by atoms with Gasteiger partial charge in [0.2, 0.25) is 5.91 Å². The van der Waals surface area contributed by atoms with Crippen molar-refractivity contribution in [3.63, 3.8) is 0 Å². The molecule has 0 spiro atoms. The van der Waals surface area contributed by atoms with Gasteiger partial charge in [0, 0.05) is 20.5 Å². The van der Waals surface area contributed by atoms with E-state index in [1.165, 1.54) is 0 Å². The molecule has 1 amide bonds. The molecule has 0 N–H and O–H groups in total. The van der Waals surface area contributed by atoms with Gasteiger partial charge < -0.3 is 4.90 Å². The van der Waals surface area contributed by atoms with E-state index in [-0.39, 0.29) is 13.3 Å². The first-order valence-corrected chi connectivity index (χ1v) is 2.90. The lowest BCUT2D eigenvalue weighted by molar-refractivity contribution is -0.127. The standard InChI is InChI=1S/C6H13NO.CH4/c1-4-5-7(3)6(2)8;/h4-5H2,1-3H3;1H4. The minimum atomic E-state index is 0. The van der Waals surface area contributed by atoms with Crippen LogP contribution in [0, 0.1) is 0 Å². The molecule has 0 saturated carbocycles. The van der Waals surface area contributed by atoms with Crippen molar-refractivity contribution in [2.24, 2.45) is 0 Å². The first-order valence-electron chi connectivity index (χ1n) is 2.90. The lowest BCUT2D eigenvalue weighted by Crippen LogP contribution is -2.24. The van der Waals surface area contributed by atoms with Crippen LogP contribution in [0.2, 0.25) is 0 Å². The van der Waals surface area contributed by atoms with Crippen molar-refractivity contribution in [2.75, 3.05) is 13.6 Å². The molecule has 0 aliphatic rings. The summed E-state index contributed by atoms with van der Waals surface area (Å²) in [7, 11) is 1.81. The summed E-state index contributed by atoms with van der Waals surface area (Å²) in [6, 6.07) is 0. The van der Waals surface area contributed by atoms with Crippen molar-refractivity contribution >= 4 is 5.91 Å². The Labute approximate surface area is 57.9 Å². The highest BCUT2D eigenvalue weighted by Gasteiger charge is 1.96. The molecule has 0 saturated heterocycles. The zero-order valence-corrected chi connectivity index (χ0v) is 5.77. The number of rotatable bonds is 2. The molecule has 0 aromatic heterocycles. The first-order chi connectivity index (χ1) is 3.68. The summed E-state index contributed by atoms with van der Waals surface area (Å²) in [5, 5.41) is 0. The molecule has 0 fully saturated rings. The van der Waals surface area contributed by atoms with Crippen LogP contribution in [0.4, 0.5) is 0 Å². The van der Waals surface area contributed by atoms with Gasteiger partial charge in [-0.15, -0.1) is 0 Å². The second kappa shape index (κ2) is 5.60. The highest BCUT2D eigenvalue weighted by atomic mass is 16.2. The number of carbonyl (C=O) groups excluding carboxylic acids is 1. The summed E-state index contributed by atoms with van der Waals surface area (Å²) in [6.45, 7) is 4.50. The Kier molecular flexibility index (Phi) is 7.03. The van der Waals surface area contributed by atoms with Gasteiger partial charge in [-0.1, -0.05) is 14.4 Å². The molecule has 0 radical (unpaired) electrons. The summed E-state index contributed by atoms with van der Waals surface area (Å²) < 4.78 is 0. The molecule has 56 valence electrons. The first kappa shape index (κ1) is 11.3. The van der Waals surface area contributed by atoms with Crippen molar-refractivity contribution in [2.45, 2.75) is 27.7 Å². The van der Waals surface area contributed by atoms with Crippen molar-refractivity contribution in [3.8, 4) is 0 Å². The Morgan fingerprint density at radius 3 is 2.11 bits per heavy atom. The van der Waals surface area contributed by atoms with Crippen LogP contribution in [0.1, 0.15) is 27.7 Å². The largest absolute Gasteiger partial charge is 0.346 e. The SMILES string of the molecule is C.CCCN(C)C(C)=O. The number of hydrogen-bond donors (Lipinski definition) is 0. The predicted octanol–water partition coefficient (Wildman–Crippen LogP) is 1.51. The number of amides is 1. The molecular formula is C7H17NO. The van der Waals surface area contributed by atoms with E-state index < -0.39 is 0 Å². The predicted molar refractivity (Wildman–Crippen MR) is 40.3 cm³/mol. The van der Waals surface area contributed by atoms with E-state index in [1.807, 2.05) is 7.05 Å². The smallest absolute Gasteiger partial charge is 0.219 e. The van der Waals surface area contributed by atoms with Crippen LogP contribution in [-0.4, -0.2) is 24.4 Å². The Morgan fingerprint density at radius 1 is 1.56 bits per heavy atom. The maximum absolute atomic E-state index is 10.5. The molecule has 2 heteroatoms. The minimum Gasteiger partial charge on any atom is -0.346 e. The molecule has 0 rings (SSSR count). The van der Waals surface area contributed by atoms with E-state index in [0.717, 1.165) is 13.0 Å². The average Bonchev–Trinajstić information content (AvgIpc) is 1.67. The normalized spacial score (nSPS) is 7.89. The van der Waals surface area contributed by atoms with E-state index in [9.17, 15) is 4.79 Å². The Hall–Kier alpha value is -0.530. The molecule has 0 bridgehead atoms. The van der Waals surface area contributed by atoms with Crippen molar-refractivity contribution in [3.05, 3.63) is 0 Å². The molecule has 0 aliphatic carbocycles. The number of nitrogens with zero attached hydrogens (tertiary/aromatic N) is 1. The van der Waals surface area contributed by atoms with E-state index >= 15 is 0 Å². The fourth-order valence-electron chi connectivity index (χ4n) is 0.493. The zero-order chi connectivity index (χ0) is 6.57. The second-order valence-corrected chi connectivity index (χ2v) is 1.94. The third-order valence-corrected chi connectivity index (χ3v) is 1.10. The lowest BCUT2D eigenvalue weighted by Gasteiger charge is -2.11. The van der Waals surface area contributed by atoms with Gasteiger partial charge in [-0.3, -0.25) is 4.79 Å². The summed E-state index contributed by atoms with van der Waals surface area (Å²) in [5.41, 5.74) is 0. The maximum atomic E-state index is 10.5. The minimum absolute atomic E-state index is 0. The van der Waals surface area contributed by atoms with E-state index in [1.54, 1.807) is 11.8 Å². The van der Waals surface area contributed by atoms with Crippen molar-refractivity contribution in [1.82, 2.24) is 4.90 Å². The van der Waals surface area contributed by atoms with Crippen LogP contribution in [0.25, 0.3) is 0 Å². The maximum Gasteiger partial charge on any atom is 0.219 e. The van der Waals surface area contributed by atoms with Crippen molar-refractivity contribution < 1.29 is 4.79 Å². The number of hydrogen-bond acceptors (Lipinski definition) is 1. The quantitative estimate of drug-likeness (QED) is 0.556. The van der Waals surface area contributed by atoms with E-state index in [2.05, 4.69) is 6.92 Å². The highest BCUT2D eigenvalue weighted by molar-refractivity contribution is 5.72. The fraction of sp³-hybridized carbons (Fsp3) is 0.857. The molecule has 0 heterocycles. The molecule has 0 aromatic carbocycles. The Balaban J connectivity index is 0. The van der Waals surface area contributed by atoms with Crippen LogP contribution in [0.15, 0.2) is 0 Å². The summed E-state index contributed by atoms with van der Waals surface area (Å²) in [5.74, 6) is 0.145. The monoisotopic (exact) mass is 131 g/mol. The molecule has 0 aromatic rings. The third-order valence-electron chi connectivity index (χ3n) is 1.10. The van der Waals surface area contributed by atoms with Crippen LogP contribution < -0.4 is 0 Å². The van der Waals surface area contributed by atoms with E-state index in [4.69, 9.17) is 0 Å². The molecule has 0 unspecified atom stereocenters. The van der Waals surface area contributed by atoms with Crippen LogP contribution in [0.5, 0.6) is 0 Å². The van der Waals surface area contributed by atoms with Crippen molar-refractivity contribution in [1.29, 1.82) is 0 Å². The van der Waals surface area contributed by atoms with Gasteiger partial charge in [-0.05, 0) is 6.42 Å². The van der Waals surface area contributed by atoms with Crippen LogP contribution >= 0.6 is 0 Å². The van der Waals surface area contributed by atoms with Gasteiger partial charge in [0.15, 0.2) is 0 Å². The summed E-state index contributed by atoms with van der Waals surface area (Å²) in [6.07, 6.45) is 1.04. The molecule has 9 heavy (non-hydrogen) atoms. The van der Waals surface area contributed by atoms with E-state index in [0.29, 0.717) is 0 Å². The fourth-order valence-corrected chi connectivity index (χ4v) is 0.493. The molecule has 0 aliphatic heterocycles. The highest BCUT2D eigenvalue weighted by Crippen LogP contribution is 1.84. The van der Waals surface area contributed by atoms with Gasteiger partial charge in [0.25, 0.3) is 0 Å². The van der Waals surface area contributed by atoms with Gasteiger partial charge in [-0.2, -0.15) is 0 Å². The molecule has 2 nitrogen and oxygen atoms in total. The lowest BCUT2D eigenvalue weighted by atomic mass is 10.4. The second-order valence-electron chi connectivity index (χ2n) is 1.94. The number of carbonyl (C=O) groups is 1. The Bertz CT molecular complexity index is 81.0. The van der Waals surface area contributed by atoms with Gasteiger partial charge in [0.1, 0.15) is 0 Å². The van der Waals surface area contributed by atoms with Crippen LogP contribution in [0.3, 0.4) is 0 Å². The summed E-state index contributed by atoms with van der Waals surface area (Å²) in [4.78, 5) is 12.2. The zero-order valence-electron chi connectivity index (χ0n) is 5.77. The average molecular weight is 131 g/mol. The van der Waals surface area contributed by atoms with Crippen LogP contribution in [-0.2, 0) is 4.79 Å². The van der Waals surface area contributed by atoms with Gasteiger partial charge in [-0.25, -0.2) is 0 Å². The summed E-state index contributed by atoms with van der Waals surface area (Å²) >= 11 is 0.